The van der Waals surface area contributed by atoms with Gasteiger partial charge in [0, 0.05) is 0 Å². The van der Waals surface area contributed by atoms with Crippen LogP contribution < -0.4 is 0 Å². The summed E-state index contributed by atoms with van der Waals surface area (Å²) in [6.07, 6.45) is -31.4. The normalized spacial score (nSPS) is 49.4. The minimum Gasteiger partial charge on any atom is -0.412 e. The van der Waals surface area contributed by atoms with Gasteiger partial charge < -0.3 is 121 Å². The Balaban J connectivity index is 0.00000384. The van der Waals surface area contributed by atoms with Gasteiger partial charge in [0.2, 0.25) is 5.79 Å². The lowest BCUT2D eigenvalue weighted by molar-refractivity contribution is -0.388. The Morgan fingerprint density at radius 1 is 0.438 bits per heavy atom. The Bertz CT molecular complexity index is 934. The van der Waals surface area contributed by atoms with E-state index in [-0.39, 0.29) is 16.4 Å². The largest absolute Gasteiger partial charge is 0.412 e. The Hall–Kier alpha value is -0.960. The van der Waals surface area contributed by atoms with Gasteiger partial charge in [-0.3, -0.25) is 0 Å². The van der Waals surface area contributed by atoms with Crippen LogP contribution in [0.3, 0.4) is 0 Å². The van der Waals surface area contributed by atoms with Gasteiger partial charge in [0.05, 0.1) is 26.4 Å². The van der Waals surface area contributed by atoms with Crippen LogP contribution in [-0.4, -0.2) is 237 Å². The van der Waals surface area contributed by atoms with E-state index in [9.17, 15) is 71.5 Å². The van der Waals surface area contributed by atoms with Gasteiger partial charge in [-0.2, -0.15) is 0 Å². The van der Waals surface area contributed by atoms with Crippen molar-refractivity contribution >= 4 is 0 Å². The third kappa shape index (κ3) is 8.73. The van der Waals surface area contributed by atoms with E-state index in [1.807, 2.05) is 0 Å². The average Bonchev–Trinajstić information content (AvgIpc) is 3.28. The van der Waals surface area contributed by atoms with Gasteiger partial charge in [0.1, 0.15) is 98.2 Å². The summed E-state index contributed by atoms with van der Waals surface area (Å²) in [4.78, 5) is 0. The fourth-order valence-corrected chi connectivity index (χ4v) is 5.39. The summed E-state index contributed by atoms with van der Waals surface area (Å²) in [7, 11) is 0. The first-order chi connectivity index (χ1) is 21.2. The highest BCUT2D eigenvalue weighted by molar-refractivity contribution is 4.99. The highest BCUT2D eigenvalue weighted by Gasteiger charge is 2.58. The van der Waals surface area contributed by atoms with E-state index in [1.54, 1.807) is 0 Å². The van der Waals surface area contributed by atoms with Gasteiger partial charge in [-0.05, 0) is 0 Å². The number of rotatable bonds is 11. The summed E-state index contributed by atoms with van der Waals surface area (Å²) < 4.78 is 37.6. The maximum absolute atomic E-state index is 10.5. The molecule has 4 heterocycles. The van der Waals surface area contributed by atoms with Crippen LogP contribution in [0, 0.1) is 0 Å². The zero-order valence-electron chi connectivity index (χ0n) is 25.0. The third-order valence-corrected chi connectivity index (χ3v) is 8.26. The minimum absolute atomic E-state index is 0. The molecule has 4 saturated heterocycles. The molecule has 0 aromatic carbocycles. The fourth-order valence-electron chi connectivity index (χ4n) is 5.39. The maximum atomic E-state index is 10.5. The predicted molar refractivity (Wildman–Crippen MR) is 145 cm³/mol. The van der Waals surface area contributed by atoms with Crippen molar-refractivity contribution in [1.29, 1.82) is 0 Å². The Kier molecular flexibility index (Phi) is 17.4. The van der Waals surface area contributed by atoms with Gasteiger partial charge in [-0.25, -0.2) is 0 Å². The molecule has 288 valence electrons. The van der Waals surface area contributed by atoms with Gasteiger partial charge in [0.25, 0.3) is 0 Å². The summed E-state index contributed by atoms with van der Waals surface area (Å²) in [5, 5.41) is 141. The van der Waals surface area contributed by atoms with Crippen molar-refractivity contribution < 1.29 is 121 Å². The number of aliphatic hydroxyl groups excluding tert-OH is 14. The van der Waals surface area contributed by atoms with Crippen LogP contribution in [0.15, 0.2) is 0 Å². The number of ether oxygens (including phenoxy) is 7. The van der Waals surface area contributed by atoms with E-state index in [4.69, 9.17) is 33.2 Å². The Labute approximate surface area is 270 Å². The summed E-state index contributed by atoms with van der Waals surface area (Å²) in [6.45, 7) is -4.02. The zero-order valence-corrected chi connectivity index (χ0v) is 25.0. The average molecular weight is 721 g/mol. The third-order valence-electron chi connectivity index (χ3n) is 8.26. The first kappa shape index (κ1) is 45.1. The Morgan fingerprint density at radius 2 is 0.812 bits per heavy atom. The van der Waals surface area contributed by atoms with Crippen molar-refractivity contribution in [2.45, 2.75) is 116 Å². The van der Waals surface area contributed by atoms with Crippen LogP contribution in [0.1, 0.15) is 0 Å². The second-order valence-electron chi connectivity index (χ2n) is 11.3. The molecule has 4 aliphatic rings. The molecular weight excluding hydrogens is 672 g/mol. The number of hydrogen-bond donors (Lipinski definition) is 14. The molecule has 0 bridgehead atoms. The molecule has 0 aromatic heterocycles. The van der Waals surface area contributed by atoms with Crippen molar-refractivity contribution in [3.63, 3.8) is 0 Å². The van der Waals surface area contributed by atoms with Crippen molar-refractivity contribution in [3.05, 3.63) is 0 Å². The van der Waals surface area contributed by atoms with Crippen LogP contribution in [0.5, 0.6) is 0 Å². The molecule has 0 amide bonds. The van der Waals surface area contributed by atoms with Crippen LogP contribution in [-0.2, 0) is 33.2 Å². The standard InChI is InChI=1S/C24H42O21.3H2O/c25-1-6-10(28)14(32)17(35)21(41-6)39-3-8-11(29)15(33)18(36)22(42-8)40-4-9-12(30)16(34)19(37)23(43-9)45-24(5-27)20(38)13(31)7(2-26)44-24;;;/h6-23,25-38H,1-5H2;3*1H2/t6-,7-,8-,9-,10+,11+,12-,13-,14+,15+,16+,17-,18-,19-,20+,21+,22+,23-,24+;;;/m1.../s1. The van der Waals surface area contributed by atoms with Crippen LogP contribution >= 0.6 is 0 Å². The van der Waals surface area contributed by atoms with E-state index < -0.39 is 149 Å². The molecule has 0 spiro atoms. The lowest BCUT2D eigenvalue weighted by atomic mass is 9.98. The molecule has 0 aliphatic carbocycles. The quantitative estimate of drug-likeness (QED) is 0.0941. The van der Waals surface area contributed by atoms with Crippen LogP contribution in [0.2, 0.25) is 0 Å². The molecule has 0 unspecified atom stereocenters. The highest BCUT2D eigenvalue weighted by Crippen LogP contribution is 2.36. The molecular formula is C24H48O24. The first-order valence-corrected chi connectivity index (χ1v) is 14.1. The minimum atomic E-state index is -2.43. The lowest BCUT2D eigenvalue weighted by Crippen LogP contribution is -2.64. The zero-order chi connectivity index (χ0) is 33.4. The van der Waals surface area contributed by atoms with Crippen molar-refractivity contribution in [2.24, 2.45) is 0 Å². The predicted octanol–water partition coefficient (Wildman–Crippen LogP) is -12.2. The molecule has 4 aliphatic heterocycles. The summed E-state index contributed by atoms with van der Waals surface area (Å²) >= 11 is 0. The summed E-state index contributed by atoms with van der Waals surface area (Å²) in [5.74, 6) is -2.43. The molecule has 4 rings (SSSR count). The molecule has 20 N–H and O–H groups in total. The highest BCUT2D eigenvalue weighted by atomic mass is 16.8. The van der Waals surface area contributed by atoms with Crippen molar-refractivity contribution in [3.8, 4) is 0 Å². The molecule has 19 atom stereocenters. The molecule has 48 heavy (non-hydrogen) atoms. The van der Waals surface area contributed by atoms with E-state index in [0.29, 0.717) is 0 Å². The molecule has 24 heteroatoms. The monoisotopic (exact) mass is 720 g/mol. The van der Waals surface area contributed by atoms with E-state index >= 15 is 0 Å². The molecule has 0 radical (unpaired) electrons. The summed E-state index contributed by atoms with van der Waals surface area (Å²) in [5.41, 5.74) is 0. The van der Waals surface area contributed by atoms with Gasteiger partial charge in [-0.1, -0.05) is 0 Å². The SMILES string of the molecule is O.O.O.OC[C@H]1O[C@H](OC[C@H]2O[C@H](OC[C@H]3O[C@H](O[C@]4(CO)O[C@H](CO)[C@@H](O)[C@@H]4O)[C@H](O)[C@@H](O)[C@@H]3O)[C@H](O)[C@@H](O)[C@H]2O)[C@H](O)[C@@H](O)[C@H]1O. The second-order valence-corrected chi connectivity index (χ2v) is 11.3. The number of aliphatic hydroxyl groups is 14. The molecule has 24 nitrogen and oxygen atoms in total. The fraction of sp³-hybridized carbons (Fsp3) is 1.00. The van der Waals surface area contributed by atoms with Crippen LogP contribution in [0.4, 0.5) is 0 Å². The van der Waals surface area contributed by atoms with Gasteiger partial charge in [0.15, 0.2) is 18.9 Å². The van der Waals surface area contributed by atoms with E-state index in [0.717, 1.165) is 0 Å². The Morgan fingerprint density at radius 3 is 1.21 bits per heavy atom. The van der Waals surface area contributed by atoms with Crippen molar-refractivity contribution in [1.82, 2.24) is 0 Å². The molecule has 0 saturated carbocycles. The van der Waals surface area contributed by atoms with Gasteiger partial charge >= 0.3 is 0 Å². The maximum Gasteiger partial charge on any atom is 0.224 e. The topological polar surface area (TPSA) is 442 Å². The smallest absolute Gasteiger partial charge is 0.224 e. The van der Waals surface area contributed by atoms with Crippen LogP contribution in [0.25, 0.3) is 0 Å². The molecule has 4 fully saturated rings. The van der Waals surface area contributed by atoms with E-state index in [2.05, 4.69) is 0 Å². The second kappa shape index (κ2) is 18.5. The molecule has 0 aromatic rings. The van der Waals surface area contributed by atoms with Gasteiger partial charge in [-0.15, -0.1) is 0 Å². The van der Waals surface area contributed by atoms with Crippen molar-refractivity contribution in [2.75, 3.05) is 33.0 Å². The first-order valence-electron chi connectivity index (χ1n) is 14.1. The number of hydrogen-bond acceptors (Lipinski definition) is 21. The summed E-state index contributed by atoms with van der Waals surface area (Å²) in [6, 6.07) is 0. The van der Waals surface area contributed by atoms with E-state index in [1.165, 1.54) is 0 Å². The lowest BCUT2D eigenvalue weighted by Gasteiger charge is -2.45.